The number of aromatic amines is 1. The number of nitrogens with one attached hydrogen (secondary N) is 1. The van der Waals surface area contributed by atoms with Crippen molar-refractivity contribution in [2.75, 3.05) is 12.3 Å². The van der Waals surface area contributed by atoms with E-state index in [-0.39, 0.29) is 30.3 Å². The first-order chi connectivity index (χ1) is 9.15. The monoisotopic (exact) mass is 283 g/mol. The molecular formula is C9H10N5O4P. The average Bonchev–Trinajstić information content (AvgIpc) is 2.77. The summed E-state index contributed by atoms with van der Waals surface area (Å²) >= 11 is 0. The second-order valence-electron chi connectivity index (χ2n) is 3.63. The minimum absolute atomic E-state index is 0.0306. The SMILES string of the molecule is Nc1nc2c(ncn2CC(CO)OC#P=O)c(=O)[nH]1. The molecule has 100 valence electrons. The molecule has 1 unspecified atom stereocenters. The van der Waals surface area contributed by atoms with Gasteiger partial charge >= 0.3 is 106 Å². The molecule has 0 bridgehead atoms. The second-order valence-corrected chi connectivity index (χ2v) is 3.99. The Morgan fingerprint density at radius 1 is 1.68 bits per heavy atom. The van der Waals surface area contributed by atoms with E-state index in [9.17, 15) is 9.36 Å². The Hall–Kier alpha value is -1.92. The van der Waals surface area contributed by atoms with Crippen molar-refractivity contribution < 1.29 is 14.4 Å². The molecule has 9 nitrogen and oxygen atoms in total. The predicted molar refractivity (Wildman–Crippen MR) is 66.0 cm³/mol. The molecule has 19 heavy (non-hydrogen) atoms. The van der Waals surface area contributed by atoms with Crippen LogP contribution >= 0.6 is 7.92 Å². The van der Waals surface area contributed by atoms with Crippen LogP contribution in [0.5, 0.6) is 0 Å². The van der Waals surface area contributed by atoms with Crippen LogP contribution in [0.4, 0.5) is 5.95 Å². The topological polar surface area (TPSA) is 136 Å². The van der Waals surface area contributed by atoms with Gasteiger partial charge in [0.1, 0.15) is 0 Å². The summed E-state index contributed by atoms with van der Waals surface area (Å²) in [5.41, 5.74) is 5.43. The number of aliphatic hydroxyl groups is 1. The number of ether oxygens (including phenoxy) is 1. The fraction of sp³-hybridized carbons (Fsp3) is 0.333. The Morgan fingerprint density at radius 2 is 2.47 bits per heavy atom. The molecule has 0 aliphatic heterocycles. The molecule has 4 N–H and O–H groups in total. The third-order valence-electron chi connectivity index (χ3n) is 2.35. The third kappa shape index (κ3) is 2.91. The van der Waals surface area contributed by atoms with Crippen LogP contribution in [-0.4, -0.2) is 37.3 Å². The van der Waals surface area contributed by atoms with Gasteiger partial charge in [0, 0.05) is 0 Å². The van der Waals surface area contributed by atoms with Crippen molar-refractivity contribution >= 4 is 25.0 Å². The molecule has 0 fully saturated rings. The number of nitrogen functional groups attached to an aromatic ring is 1. The number of hydrogen-bond donors (Lipinski definition) is 3. The third-order valence-corrected chi connectivity index (χ3v) is 2.53. The molecule has 0 saturated carbocycles. The molecule has 0 spiro atoms. The molecule has 2 heterocycles. The van der Waals surface area contributed by atoms with Gasteiger partial charge in [-0.2, -0.15) is 0 Å². The van der Waals surface area contributed by atoms with E-state index in [0.29, 0.717) is 0 Å². The van der Waals surface area contributed by atoms with E-state index >= 15 is 0 Å². The molecule has 0 amide bonds. The summed E-state index contributed by atoms with van der Waals surface area (Å²) in [4.78, 5) is 21.8. The summed E-state index contributed by atoms with van der Waals surface area (Å²) in [6.07, 6.45) is 0.703. The van der Waals surface area contributed by atoms with E-state index in [2.05, 4.69) is 20.8 Å². The van der Waals surface area contributed by atoms with Crippen molar-refractivity contribution in [3.63, 3.8) is 0 Å². The molecule has 10 heteroatoms. The van der Waals surface area contributed by atoms with Crippen molar-refractivity contribution in [1.82, 2.24) is 19.5 Å². The van der Waals surface area contributed by atoms with E-state index in [1.54, 1.807) is 0 Å². The number of hydrogen-bond acceptors (Lipinski definition) is 7. The van der Waals surface area contributed by atoms with Crippen LogP contribution in [0.2, 0.25) is 0 Å². The molecule has 2 aromatic heterocycles. The zero-order chi connectivity index (χ0) is 13.8. The zero-order valence-corrected chi connectivity index (χ0v) is 10.5. The van der Waals surface area contributed by atoms with E-state index < -0.39 is 19.6 Å². The molecule has 0 aliphatic rings. The Bertz CT molecular complexity index is 749. The van der Waals surface area contributed by atoms with Gasteiger partial charge in [-0.05, 0) is 0 Å². The number of nitrogens with zero attached hydrogens (tertiary/aromatic N) is 3. The standard InChI is InChI=1S/C9H10N5O4P/c10-9-12-7-6(8(16)13-9)11-3-14(7)1-5(2-15)18-4-19-17/h3,5,15H,1-2H2,(H3,10,12,13,16). The molecule has 2 rings (SSSR count). The van der Waals surface area contributed by atoms with Crippen LogP contribution in [0.25, 0.3) is 11.2 Å². The van der Waals surface area contributed by atoms with Gasteiger partial charge in [-0.25, -0.2) is 0 Å². The zero-order valence-electron chi connectivity index (χ0n) is 9.61. The summed E-state index contributed by atoms with van der Waals surface area (Å²) in [5.74, 6) is 2.06. The number of rotatable bonds is 4. The summed E-state index contributed by atoms with van der Waals surface area (Å²) < 4.78 is 16.6. The average molecular weight is 283 g/mol. The number of fused-ring (bicyclic) bond motifs is 1. The predicted octanol–water partition coefficient (Wildman–Crippen LogP) is -0.712. The van der Waals surface area contributed by atoms with Gasteiger partial charge in [-0.15, -0.1) is 0 Å². The number of aliphatic hydroxyl groups excluding tert-OH is 1. The summed E-state index contributed by atoms with van der Waals surface area (Å²) in [6.45, 7) is -0.160. The van der Waals surface area contributed by atoms with Crippen molar-refractivity contribution in [2.45, 2.75) is 12.6 Å². The maximum atomic E-state index is 11.6. The summed E-state index contributed by atoms with van der Waals surface area (Å²) in [6, 6.07) is 0. The van der Waals surface area contributed by atoms with Crippen LogP contribution in [0.3, 0.4) is 0 Å². The van der Waals surface area contributed by atoms with Crippen molar-refractivity contribution in [1.29, 1.82) is 0 Å². The molecule has 1 atom stereocenters. The summed E-state index contributed by atoms with van der Waals surface area (Å²) in [7, 11) is -0.416. The van der Waals surface area contributed by atoms with Gasteiger partial charge in [-0.3, -0.25) is 0 Å². The van der Waals surface area contributed by atoms with E-state index in [4.69, 9.17) is 15.6 Å². The summed E-state index contributed by atoms with van der Waals surface area (Å²) in [5, 5.41) is 9.12. The Kier molecular flexibility index (Phi) is 4.13. The van der Waals surface area contributed by atoms with Crippen molar-refractivity contribution in [3.8, 4) is 5.81 Å². The Morgan fingerprint density at radius 3 is 3.16 bits per heavy atom. The van der Waals surface area contributed by atoms with Crippen LogP contribution in [0.1, 0.15) is 0 Å². The molecule has 2 aromatic rings. The minimum atomic E-state index is -0.679. The number of aromatic nitrogens is 4. The van der Waals surface area contributed by atoms with Gasteiger partial charge in [-0.1, -0.05) is 0 Å². The van der Waals surface area contributed by atoms with Gasteiger partial charge in [0.25, 0.3) is 0 Å². The second kappa shape index (κ2) is 5.81. The molecule has 0 saturated heterocycles. The Balaban J connectivity index is 2.36. The van der Waals surface area contributed by atoms with Crippen LogP contribution < -0.4 is 11.3 Å². The van der Waals surface area contributed by atoms with E-state index in [1.165, 1.54) is 10.9 Å². The number of anilines is 1. The van der Waals surface area contributed by atoms with Crippen LogP contribution in [0.15, 0.2) is 11.1 Å². The van der Waals surface area contributed by atoms with E-state index in [1.807, 2.05) is 0 Å². The Labute approximate surface area is 107 Å². The van der Waals surface area contributed by atoms with Gasteiger partial charge < -0.3 is 0 Å². The molecular weight excluding hydrogens is 273 g/mol. The molecule has 0 aromatic carbocycles. The van der Waals surface area contributed by atoms with Gasteiger partial charge in [0.15, 0.2) is 0 Å². The molecule has 0 aliphatic carbocycles. The van der Waals surface area contributed by atoms with Gasteiger partial charge in [0.05, 0.1) is 0 Å². The fourth-order valence-electron chi connectivity index (χ4n) is 1.55. The molecule has 0 radical (unpaired) electrons. The van der Waals surface area contributed by atoms with Crippen LogP contribution in [0, 0.1) is 5.81 Å². The first kappa shape index (κ1) is 13.5. The quantitative estimate of drug-likeness (QED) is 0.630. The fourth-order valence-corrected chi connectivity index (χ4v) is 1.74. The number of nitrogens with two attached hydrogens (primary N) is 1. The van der Waals surface area contributed by atoms with Crippen LogP contribution in [-0.2, 0) is 15.8 Å². The number of H-pyrrole nitrogens is 1. The number of imidazole rings is 1. The van der Waals surface area contributed by atoms with Gasteiger partial charge in [0.2, 0.25) is 0 Å². The maximum absolute atomic E-state index is 11.6. The normalized spacial score (nSPS) is 12.3. The van der Waals surface area contributed by atoms with Crippen molar-refractivity contribution in [2.24, 2.45) is 0 Å². The van der Waals surface area contributed by atoms with E-state index in [0.717, 1.165) is 0 Å². The first-order valence-corrected chi connectivity index (χ1v) is 6.01. The first-order valence-electron chi connectivity index (χ1n) is 5.20. The van der Waals surface area contributed by atoms with Crippen molar-refractivity contribution in [3.05, 3.63) is 16.7 Å².